The van der Waals surface area contributed by atoms with Gasteiger partial charge in [0.05, 0.1) is 16.7 Å². The van der Waals surface area contributed by atoms with Crippen molar-refractivity contribution in [2.24, 2.45) is 5.73 Å². The van der Waals surface area contributed by atoms with Crippen LogP contribution in [-0.4, -0.2) is 70.8 Å². The number of benzene rings is 1. The van der Waals surface area contributed by atoms with Crippen molar-refractivity contribution in [2.45, 2.75) is 49.9 Å². The van der Waals surface area contributed by atoms with Gasteiger partial charge in [-0.2, -0.15) is 0 Å². The van der Waals surface area contributed by atoms with Crippen molar-refractivity contribution in [3.8, 4) is 0 Å². The minimum absolute atomic E-state index is 0.104. The molecular weight excluding hydrogens is 388 g/mol. The highest BCUT2D eigenvalue weighted by atomic mass is 16.5. The summed E-state index contributed by atoms with van der Waals surface area (Å²) in [5.74, 6) is -1.93. The standard InChI is InChI=1S/C21H24N4O5/c22-10-21-8-13(6-7-30-21)24(11-21)9-12-2-1-3-14-17(12)20(29)25(19(14)28)15-4-5-16(26)23-18(15)27/h1-3,13,15H,4-11,22H2,(H,23,26,27). The van der Waals surface area contributed by atoms with Crippen LogP contribution in [0.5, 0.6) is 0 Å². The number of imide groups is 2. The lowest BCUT2D eigenvalue weighted by molar-refractivity contribution is -0.136. The lowest BCUT2D eigenvalue weighted by atomic mass is 9.96. The first-order valence-corrected chi connectivity index (χ1v) is 10.3. The number of carbonyl (C=O) groups is 4. The topological polar surface area (TPSA) is 122 Å². The maximum atomic E-state index is 13.3. The van der Waals surface area contributed by atoms with Gasteiger partial charge in [0.25, 0.3) is 11.8 Å². The number of amides is 4. The molecule has 0 radical (unpaired) electrons. The van der Waals surface area contributed by atoms with Gasteiger partial charge in [0, 0.05) is 38.7 Å². The lowest BCUT2D eigenvalue weighted by Gasteiger charge is -2.30. The molecule has 4 heterocycles. The van der Waals surface area contributed by atoms with E-state index in [9.17, 15) is 19.2 Å². The van der Waals surface area contributed by atoms with Crippen LogP contribution in [-0.2, 0) is 20.9 Å². The van der Waals surface area contributed by atoms with Gasteiger partial charge in [-0.25, -0.2) is 0 Å². The van der Waals surface area contributed by atoms with Crippen LogP contribution in [0.1, 0.15) is 52.0 Å². The lowest BCUT2D eigenvalue weighted by Crippen LogP contribution is -2.54. The highest BCUT2D eigenvalue weighted by molar-refractivity contribution is 6.24. The zero-order valence-corrected chi connectivity index (χ0v) is 16.6. The van der Waals surface area contributed by atoms with Gasteiger partial charge < -0.3 is 10.5 Å². The van der Waals surface area contributed by atoms with E-state index in [1.165, 1.54) is 0 Å². The quantitative estimate of drug-likeness (QED) is 0.656. The van der Waals surface area contributed by atoms with Gasteiger partial charge in [-0.1, -0.05) is 12.1 Å². The number of piperidine rings is 1. The molecular formula is C21H24N4O5. The molecule has 4 aliphatic rings. The maximum Gasteiger partial charge on any atom is 0.262 e. The molecule has 0 saturated carbocycles. The summed E-state index contributed by atoms with van der Waals surface area (Å²) in [6, 6.07) is 4.62. The summed E-state index contributed by atoms with van der Waals surface area (Å²) >= 11 is 0. The summed E-state index contributed by atoms with van der Waals surface area (Å²) in [5.41, 5.74) is 7.07. The Bertz CT molecular complexity index is 963. The first-order valence-electron chi connectivity index (χ1n) is 10.3. The molecule has 9 heteroatoms. The summed E-state index contributed by atoms with van der Waals surface area (Å²) in [6.07, 6.45) is 2.03. The number of nitrogens with one attached hydrogen (secondary N) is 1. The fourth-order valence-corrected chi connectivity index (χ4v) is 5.25. The molecule has 9 nitrogen and oxygen atoms in total. The average Bonchev–Trinajstić information content (AvgIpc) is 3.13. The molecule has 1 aromatic carbocycles. The fraction of sp³-hybridized carbons (Fsp3) is 0.524. The van der Waals surface area contributed by atoms with E-state index < -0.39 is 23.8 Å². The smallest absolute Gasteiger partial charge is 0.262 e. The summed E-state index contributed by atoms with van der Waals surface area (Å²) in [5, 5.41) is 2.23. The first kappa shape index (κ1) is 19.3. The van der Waals surface area contributed by atoms with Crippen molar-refractivity contribution < 1.29 is 23.9 Å². The second-order valence-electron chi connectivity index (χ2n) is 8.57. The third-order valence-corrected chi connectivity index (χ3v) is 6.77. The predicted molar refractivity (Wildman–Crippen MR) is 104 cm³/mol. The van der Waals surface area contributed by atoms with E-state index in [1.807, 2.05) is 6.07 Å². The Morgan fingerprint density at radius 3 is 2.73 bits per heavy atom. The Morgan fingerprint density at radius 1 is 1.17 bits per heavy atom. The second-order valence-corrected chi connectivity index (χ2v) is 8.57. The molecule has 30 heavy (non-hydrogen) atoms. The van der Waals surface area contributed by atoms with E-state index >= 15 is 0 Å². The van der Waals surface area contributed by atoms with Crippen LogP contribution in [0.4, 0.5) is 0 Å². The second kappa shape index (κ2) is 6.97. The highest BCUT2D eigenvalue weighted by Gasteiger charge is 2.49. The van der Waals surface area contributed by atoms with Gasteiger partial charge in [-0.15, -0.1) is 0 Å². The largest absolute Gasteiger partial charge is 0.372 e. The monoisotopic (exact) mass is 412 g/mol. The molecule has 4 aliphatic heterocycles. The van der Waals surface area contributed by atoms with E-state index in [0.717, 1.165) is 23.3 Å². The fourth-order valence-electron chi connectivity index (χ4n) is 5.25. The molecule has 0 spiro atoms. The van der Waals surface area contributed by atoms with Gasteiger partial charge in [-0.05, 0) is 30.9 Å². The average molecular weight is 412 g/mol. The molecule has 1 aromatic rings. The minimum atomic E-state index is -0.956. The molecule has 3 saturated heterocycles. The van der Waals surface area contributed by atoms with Crippen molar-refractivity contribution >= 4 is 23.6 Å². The van der Waals surface area contributed by atoms with E-state index in [0.29, 0.717) is 43.4 Å². The van der Waals surface area contributed by atoms with Crippen LogP contribution in [0.3, 0.4) is 0 Å². The Labute approximate surface area is 173 Å². The predicted octanol–water partition coefficient (Wildman–Crippen LogP) is -0.220. The van der Waals surface area contributed by atoms with Crippen LogP contribution in [0.2, 0.25) is 0 Å². The summed E-state index contributed by atoms with van der Waals surface area (Å²) in [6.45, 7) is 2.33. The van der Waals surface area contributed by atoms with Gasteiger partial charge in [0.1, 0.15) is 6.04 Å². The zero-order chi connectivity index (χ0) is 21.0. The number of ether oxygens (including phenoxy) is 1. The Morgan fingerprint density at radius 2 is 2.00 bits per heavy atom. The van der Waals surface area contributed by atoms with Crippen molar-refractivity contribution in [1.82, 2.24) is 15.1 Å². The molecule has 3 fully saturated rings. The molecule has 158 valence electrons. The van der Waals surface area contributed by atoms with Crippen molar-refractivity contribution in [1.29, 1.82) is 0 Å². The van der Waals surface area contributed by atoms with Crippen molar-refractivity contribution in [2.75, 3.05) is 19.7 Å². The Kier molecular flexibility index (Phi) is 4.49. The molecule has 2 bridgehead atoms. The van der Waals surface area contributed by atoms with E-state index in [-0.39, 0.29) is 24.3 Å². The molecule has 5 rings (SSSR count). The van der Waals surface area contributed by atoms with E-state index in [4.69, 9.17) is 10.5 Å². The van der Waals surface area contributed by atoms with Crippen molar-refractivity contribution in [3.05, 3.63) is 34.9 Å². The Balaban J connectivity index is 1.43. The SMILES string of the molecule is NCC12CC(CCO1)N(Cc1cccc3c1C(=O)N(C1CCC(=O)NC1=O)C3=O)C2. The summed E-state index contributed by atoms with van der Waals surface area (Å²) < 4.78 is 5.95. The van der Waals surface area contributed by atoms with E-state index in [2.05, 4.69) is 10.2 Å². The minimum Gasteiger partial charge on any atom is -0.372 e. The molecule has 0 aromatic heterocycles. The number of nitrogens with two attached hydrogens (primary N) is 1. The van der Waals surface area contributed by atoms with Gasteiger partial charge in [-0.3, -0.25) is 34.3 Å². The molecule has 3 atom stereocenters. The number of hydrogen-bond donors (Lipinski definition) is 2. The molecule has 4 amide bonds. The molecule has 0 aliphatic carbocycles. The third-order valence-electron chi connectivity index (χ3n) is 6.77. The number of nitrogens with zero attached hydrogens (tertiary/aromatic N) is 2. The van der Waals surface area contributed by atoms with E-state index in [1.54, 1.807) is 12.1 Å². The maximum absolute atomic E-state index is 13.3. The number of fused-ring (bicyclic) bond motifs is 3. The Hall–Kier alpha value is -2.62. The normalized spacial score (nSPS) is 31.3. The number of carbonyl (C=O) groups excluding carboxylic acids is 4. The number of rotatable bonds is 4. The first-order chi connectivity index (χ1) is 14.4. The van der Waals surface area contributed by atoms with Crippen LogP contribution in [0, 0.1) is 0 Å². The highest BCUT2D eigenvalue weighted by Crippen LogP contribution is 2.38. The summed E-state index contributed by atoms with van der Waals surface area (Å²) in [4.78, 5) is 53.3. The van der Waals surface area contributed by atoms with Crippen LogP contribution >= 0.6 is 0 Å². The number of likely N-dealkylation sites (tertiary alicyclic amines) is 1. The van der Waals surface area contributed by atoms with Crippen LogP contribution in [0.15, 0.2) is 18.2 Å². The van der Waals surface area contributed by atoms with Gasteiger partial charge >= 0.3 is 0 Å². The molecule has 3 N–H and O–H groups in total. The van der Waals surface area contributed by atoms with Crippen LogP contribution < -0.4 is 11.1 Å². The van der Waals surface area contributed by atoms with Gasteiger partial charge in [0.2, 0.25) is 11.8 Å². The zero-order valence-electron chi connectivity index (χ0n) is 16.6. The summed E-state index contributed by atoms with van der Waals surface area (Å²) in [7, 11) is 0. The van der Waals surface area contributed by atoms with Gasteiger partial charge in [0.15, 0.2) is 0 Å². The van der Waals surface area contributed by atoms with Crippen molar-refractivity contribution in [3.63, 3.8) is 0 Å². The van der Waals surface area contributed by atoms with Crippen LogP contribution in [0.25, 0.3) is 0 Å². The molecule has 3 unspecified atom stereocenters. The third kappa shape index (κ3) is 2.88. The number of hydrogen-bond acceptors (Lipinski definition) is 7.